The van der Waals surface area contributed by atoms with Crippen molar-refractivity contribution in [3.63, 3.8) is 0 Å². The molecule has 0 amide bonds. The van der Waals surface area contributed by atoms with Crippen LogP contribution in [0.15, 0.2) is 24.4 Å². The lowest BCUT2D eigenvalue weighted by molar-refractivity contribution is 0.238. The Bertz CT molecular complexity index is 287. The van der Waals surface area contributed by atoms with Crippen LogP contribution in [0, 0.1) is 0 Å². The summed E-state index contributed by atoms with van der Waals surface area (Å²) in [5.74, 6) is 0. The SMILES string of the molecule is CN(C)C(CC(C)(C)N)c1ccccn1. The minimum absolute atomic E-state index is 0.174. The summed E-state index contributed by atoms with van der Waals surface area (Å²) in [7, 11) is 4.12. The van der Waals surface area contributed by atoms with Crippen LogP contribution >= 0.6 is 0 Å². The summed E-state index contributed by atoms with van der Waals surface area (Å²) in [5, 5.41) is 0. The molecule has 0 aliphatic heterocycles. The van der Waals surface area contributed by atoms with E-state index in [0.717, 1.165) is 12.1 Å². The van der Waals surface area contributed by atoms with Crippen molar-refractivity contribution >= 4 is 0 Å². The van der Waals surface area contributed by atoms with E-state index in [0.29, 0.717) is 0 Å². The number of aromatic nitrogens is 1. The quantitative estimate of drug-likeness (QED) is 0.818. The highest BCUT2D eigenvalue weighted by Gasteiger charge is 2.22. The van der Waals surface area contributed by atoms with Crippen LogP contribution in [0.25, 0.3) is 0 Å². The molecule has 0 saturated heterocycles. The molecule has 15 heavy (non-hydrogen) atoms. The third kappa shape index (κ3) is 3.98. The molecule has 2 N–H and O–H groups in total. The minimum atomic E-state index is -0.174. The molecule has 3 heteroatoms. The second-order valence-electron chi connectivity index (χ2n) is 4.93. The van der Waals surface area contributed by atoms with Gasteiger partial charge in [-0.2, -0.15) is 0 Å². The summed E-state index contributed by atoms with van der Waals surface area (Å²) in [6, 6.07) is 6.29. The largest absolute Gasteiger partial charge is 0.325 e. The zero-order chi connectivity index (χ0) is 11.5. The van der Waals surface area contributed by atoms with E-state index < -0.39 is 0 Å². The first kappa shape index (κ1) is 12.1. The molecule has 1 atom stereocenters. The fraction of sp³-hybridized carbons (Fsp3) is 0.583. The first-order valence-electron chi connectivity index (χ1n) is 5.26. The first-order valence-corrected chi connectivity index (χ1v) is 5.26. The maximum atomic E-state index is 6.06. The fourth-order valence-corrected chi connectivity index (χ4v) is 1.62. The minimum Gasteiger partial charge on any atom is -0.325 e. The van der Waals surface area contributed by atoms with E-state index in [-0.39, 0.29) is 11.6 Å². The van der Waals surface area contributed by atoms with Crippen molar-refractivity contribution in [3.8, 4) is 0 Å². The Balaban J connectivity index is 2.85. The summed E-state index contributed by atoms with van der Waals surface area (Å²) in [5.41, 5.74) is 6.97. The Labute approximate surface area is 92.3 Å². The molecule has 1 unspecified atom stereocenters. The van der Waals surface area contributed by atoms with Crippen LogP contribution < -0.4 is 5.73 Å². The number of pyridine rings is 1. The van der Waals surface area contributed by atoms with Gasteiger partial charge < -0.3 is 10.6 Å². The van der Waals surface area contributed by atoms with Gasteiger partial charge in [0.1, 0.15) is 0 Å². The molecule has 3 nitrogen and oxygen atoms in total. The molecule has 0 radical (unpaired) electrons. The molecule has 1 aromatic heterocycles. The Morgan fingerprint density at radius 1 is 1.40 bits per heavy atom. The lowest BCUT2D eigenvalue weighted by Gasteiger charge is -2.30. The summed E-state index contributed by atoms with van der Waals surface area (Å²) in [6.45, 7) is 4.10. The molecule has 0 aromatic carbocycles. The van der Waals surface area contributed by atoms with E-state index >= 15 is 0 Å². The van der Waals surface area contributed by atoms with Gasteiger partial charge in [0, 0.05) is 11.7 Å². The molecule has 84 valence electrons. The van der Waals surface area contributed by atoms with Gasteiger partial charge in [-0.25, -0.2) is 0 Å². The van der Waals surface area contributed by atoms with Crippen LogP contribution in [0.5, 0.6) is 0 Å². The molecule has 0 fully saturated rings. The molecule has 0 bridgehead atoms. The van der Waals surface area contributed by atoms with Crippen molar-refractivity contribution in [1.29, 1.82) is 0 Å². The van der Waals surface area contributed by atoms with Crippen molar-refractivity contribution in [2.45, 2.75) is 31.8 Å². The van der Waals surface area contributed by atoms with Gasteiger partial charge in [-0.3, -0.25) is 4.98 Å². The van der Waals surface area contributed by atoms with Gasteiger partial charge >= 0.3 is 0 Å². The topological polar surface area (TPSA) is 42.1 Å². The standard InChI is InChI=1S/C12H21N3/c1-12(2,13)9-11(15(3)4)10-7-5-6-8-14-10/h5-8,11H,9,13H2,1-4H3. The average Bonchev–Trinajstić information content (AvgIpc) is 2.14. The predicted molar refractivity (Wildman–Crippen MR) is 63.5 cm³/mol. The number of nitrogens with two attached hydrogens (primary N) is 1. The van der Waals surface area contributed by atoms with E-state index in [1.165, 1.54) is 0 Å². The molecular formula is C12H21N3. The van der Waals surface area contributed by atoms with Crippen LogP contribution in [-0.4, -0.2) is 29.5 Å². The van der Waals surface area contributed by atoms with Crippen LogP contribution in [0.1, 0.15) is 32.0 Å². The monoisotopic (exact) mass is 207 g/mol. The smallest absolute Gasteiger partial charge is 0.0575 e. The number of hydrogen-bond donors (Lipinski definition) is 1. The van der Waals surface area contributed by atoms with Gasteiger partial charge in [-0.15, -0.1) is 0 Å². The van der Waals surface area contributed by atoms with Crippen LogP contribution in [0.3, 0.4) is 0 Å². The summed E-state index contributed by atoms with van der Waals surface area (Å²) in [6.07, 6.45) is 2.73. The van der Waals surface area contributed by atoms with Crippen molar-refractivity contribution < 1.29 is 0 Å². The molecule has 0 saturated carbocycles. The molecule has 0 aliphatic rings. The Kier molecular flexibility index (Phi) is 3.83. The van der Waals surface area contributed by atoms with Gasteiger partial charge in [-0.05, 0) is 46.5 Å². The van der Waals surface area contributed by atoms with Crippen molar-refractivity contribution in [2.75, 3.05) is 14.1 Å². The maximum absolute atomic E-state index is 6.06. The highest BCUT2D eigenvalue weighted by molar-refractivity contribution is 5.09. The third-order valence-electron chi connectivity index (χ3n) is 2.37. The Morgan fingerprint density at radius 2 is 2.07 bits per heavy atom. The Morgan fingerprint density at radius 3 is 2.47 bits per heavy atom. The van der Waals surface area contributed by atoms with Gasteiger partial charge in [-0.1, -0.05) is 6.07 Å². The number of hydrogen-bond acceptors (Lipinski definition) is 3. The lowest BCUT2D eigenvalue weighted by atomic mass is 9.94. The number of rotatable bonds is 4. The second-order valence-corrected chi connectivity index (χ2v) is 4.93. The van der Waals surface area contributed by atoms with Crippen molar-refractivity contribution in [1.82, 2.24) is 9.88 Å². The normalized spacial score (nSPS) is 14.3. The summed E-state index contributed by atoms with van der Waals surface area (Å²) in [4.78, 5) is 6.55. The molecule has 0 aliphatic carbocycles. The fourth-order valence-electron chi connectivity index (χ4n) is 1.62. The van der Waals surface area contributed by atoms with Gasteiger partial charge in [0.2, 0.25) is 0 Å². The third-order valence-corrected chi connectivity index (χ3v) is 2.37. The van der Waals surface area contributed by atoms with E-state index in [1.54, 1.807) is 0 Å². The van der Waals surface area contributed by atoms with Crippen molar-refractivity contribution in [2.24, 2.45) is 5.73 Å². The van der Waals surface area contributed by atoms with Gasteiger partial charge in [0.25, 0.3) is 0 Å². The summed E-state index contributed by atoms with van der Waals surface area (Å²) >= 11 is 0. The average molecular weight is 207 g/mol. The van der Waals surface area contributed by atoms with Crippen molar-refractivity contribution in [3.05, 3.63) is 30.1 Å². The van der Waals surface area contributed by atoms with Crippen LogP contribution in [-0.2, 0) is 0 Å². The zero-order valence-electron chi connectivity index (χ0n) is 10.1. The van der Waals surface area contributed by atoms with Gasteiger partial charge in [0.05, 0.1) is 11.7 Å². The van der Waals surface area contributed by atoms with Gasteiger partial charge in [0.15, 0.2) is 0 Å². The molecule has 1 rings (SSSR count). The second kappa shape index (κ2) is 4.73. The highest BCUT2D eigenvalue weighted by atomic mass is 15.1. The first-order chi connectivity index (χ1) is 6.90. The van der Waals surface area contributed by atoms with Crippen LogP contribution in [0.4, 0.5) is 0 Å². The lowest BCUT2D eigenvalue weighted by Crippen LogP contribution is -2.37. The maximum Gasteiger partial charge on any atom is 0.0575 e. The number of nitrogens with zero attached hydrogens (tertiary/aromatic N) is 2. The van der Waals surface area contributed by atoms with Crippen LogP contribution in [0.2, 0.25) is 0 Å². The predicted octanol–water partition coefficient (Wildman–Crippen LogP) is 1.81. The van der Waals surface area contributed by atoms with E-state index in [4.69, 9.17) is 5.73 Å². The molecule has 1 aromatic rings. The summed E-state index contributed by atoms with van der Waals surface area (Å²) < 4.78 is 0. The van der Waals surface area contributed by atoms with E-state index in [2.05, 4.69) is 30.0 Å². The molecular weight excluding hydrogens is 186 g/mol. The highest BCUT2D eigenvalue weighted by Crippen LogP contribution is 2.24. The van der Waals surface area contributed by atoms with E-state index in [1.807, 2.05) is 32.2 Å². The zero-order valence-corrected chi connectivity index (χ0v) is 10.1. The Hall–Kier alpha value is -0.930. The molecule has 1 heterocycles. The van der Waals surface area contributed by atoms with E-state index in [9.17, 15) is 0 Å². The molecule has 0 spiro atoms.